The van der Waals surface area contributed by atoms with Crippen molar-refractivity contribution in [1.82, 2.24) is 4.72 Å². The molecule has 1 aliphatic rings. The maximum atomic E-state index is 12.2. The summed E-state index contributed by atoms with van der Waals surface area (Å²) in [5.74, 6) is 1.26. The molecule has 1 aromatic rings. The molecular weight excluding hydrogens is 350 g/mol. The van der Waals surface area contributed by atoms with Crippen LogP contribution in [-0.2, 0) is 10.0 Å². The van der Waals surface area contributed by atoms with E-state index in [1.807, 2.05) is 37.3 Å². The van der Waals surface area contributed by atoms with Gasteiger partial charge in [0.15, 0.2) is 0 Å². The summed E-state index contributed by atoms with van der Waals surface area (Å²) < 4.78 is 27.3. The molecule has 1 saturated carbocycles. The number of hydrogen-bond donors (Lipinski definition) is 1. The van der Waals surface area contributed by atoms with Gasteiger partial charge in [0.05, 0.1) is 5.75 Å². The third-order valence-corrected chi connectivity index (χ3v) is 6.80. The van der Waals surface area contributed by atoms with Gasteiger partial charge in [0, 0.05) is 11.9 Å². The van der Waals surface area contributed by atoms with E-state index in [0.717, 1.165) is 17.3 Å². The van der Waals surface area contributed by atoms with Gasteiger partial charge < -0.3 is 0 Å². The standard InChI is InChI=1S/C16H24BrNO2S/c1-13(14-6-3-2-4-7-14)12-21(19,20)18-11-16-9-5-8-15(16)10-17/h2-4,6-7,13,15-16,18H,5,8-12H2,1H3. The van der Waals surface area contributed by atoms with Crippen molar-refractivity contribution in [2.24, 2.45) is 11.8 Å². The van der Waals surface area contributed by atoms with Crippen molar-refractivity contribution in [3.63, 3.8) is 0 Å². The Morgan fingerprint density at radius 2 is 1.90 bits per heavy atom. The van der Waals surface area contributed by atoms with Crippen LogP contribution in [0.4, 0.5) is 0 Å². The van der Waals surface area contributed by atoms with Crippen LogP contribution in [0, 0.1) is 11.8 Å². The van der Waals surface area contributed by atoms with Crippen LogP contribution >= 0.6 is 15.9 Å². The molecule has 2 rings (SSSR count). The molecule has 21 heavy (non-hydrogen) atoms. The number of rotatable bonds is 7. The van der Waals surface area contributed by atoms with Gasteiger partial charge in [0.1, 0.15) is 0 Å². The lowest BCUT2D eigenvalue weighted by molar-refractivity contribution is 0.422. The topological polar surface area (TPSA) is 46.2 Å². The minimum Gasteiger partial charge on any atom is -0.215 e. The van der Waals surface area contributed by atoms with Crippen molar-refractivity contribution >= 4 is 26.0 Å². The van der Waals surface area contributed by atoms with Crippen molar-refractivity contribution in [3.8, 4) is 0 Å². The Labute approximate surface area is 136 Å². The first-order chi connectivity index (χ1) is 10.0. The number of benzene rings is 1. The molecule has 3 unspecified atom stereocenters. The molecule has 1 N–H and O–H groups in total. The number of nitrogens with one attached hydrogen (secondary N) is 1. The van der Waals surface area contributed by atoms with E-state index in [4.69, 9.17) is 0 Å². The summed E-state index contributed by atoms with van der Waals surface area (Å²) in [7, 11) is -3.21. The molecule has 0 heterocycles. The van der Waals surface area contributed by atoms with Crippen LogP contribution in [0.25, 0.3) is 0 Å². The molecule has 0 bridgehead atoms. The molecule has 5 heteroatoms. The molecule has 0 aromatic heterocycles. The lowest BCUT2D eigenvalue weighted by atomic mass is 9.99. The Balaban J connectivity index is 1.87. The largest absolute Gasteiger partial charge is 0.215 e. The highest BCUT2D eigenvalue weighted by Crippen LogP contribution is 2.32. The van der Waals surface area contributed by atoms with Gasteiger partial charge in [-0.05, 0) is 36.2 Å². The van der Waals surface area contributed by atoms with Gasteiger partial charge in [0.25, 0.3) is 0 Å². The third kappa shape index (κ3) is 5.08. The van der Waals surface area contributed by atoms with E-state index in [9.17, 15) is 8.42 Å². The van der Waals surface area contributed by atoms with Crippen LogP contribution in [0.3, 0.4) is 0 Å². The molecule has 1 aromatic carbocycles. The predicted octanol–water partition coefficient (Wildman–Crippen LogP) is 3.52. The summed E-state index contributed by atoms with van der Waals surface area (Å²) in [6.45, 7) is 2.55. The molecule has 3 atom stereocenters. The third-order valence-electron chi connectivity index (χ3n) is 4.42. The molecule has 0 spiro atoms. The van der Waals surface area contributed by atoms with Crippen LogP contribution < -0.4 is 4.72 Å². The number of sulfonamides is 1. The second kappa shape index (κ2) is 7.75. The Bertz CT molecular complexity index is 532. The van der Waals surface area contributed by atoms with Crippen molar-refractivity contribution in [3.05, 3.63) is 35.9 Å². The Hall–Kier alpha value is -0.390. The lowest BCUT2D eigenvalue weighted by Crippen LogP contribution is -2.34. The van der Waals surface area contributed by atoms with E-state index >= 15 is 0 Å². The van der Waals surface area contributed by atoms with E-state index < -0.39 is 10.0 Å². The average Bonchev–Trinajstić information content (AvgIpc) is 2.93. The fourth-order valence-corrected chi connectivity index (χ4v) is 5.37. The molecule has 3 nitrogen and oxygen atoms in total. The van der Waals surface area contributed by atoms with Gasteiger partial charge in [-0.3, -0.25) is 0 Å². The van der Waals surface area contributed by atoms with Crippen molar-refractivity contribution in [2.75, 3.05) is 17.6 Å². The normalized spacial score (nSPS) is 24.1. The first-order valence-electron chi connectivity index (χ1n) is 7.60. The van der Waals surface area contributed by atoms with Crippen LogP contribution in [-0.4, -0.2) is 26.0 Å². The molecular formula is C16H24BrNO2S. The summed E-state index contributed by atoms with van der Waals surface area (Å²) in [6.07, 6.45) is 3.55. The molecule has 0 saturated heterocycles. The molecule has 118 valence electrons. The van der Waals surface area contributed by atoms with E-state index in [1.165, 1.54) is 12.8 Å². The second-order valence-electron chi connectivity index (χ2n) is 6.05. The number of hydrogen-bond acceptors (Lipinski definition) is 2. The zero-order valence-corrected chi connectivity index (χ0v) is 14.9. The molecule has 1 aliphatic carbocycles. The van der Waals surface area contributed by atoms with Gasteiger partial charge in [0.2, 0.25) is 10.0 Å². The summed E-state index contributed by atoms with van der Waals surface area (Å²) in [4.78, 5) is 0. The Kier molecular flexibility index (Phi) is 6.26. The van der Waals surface area contributed by atoms with E-state index in [0.29, 0.717) is 18.4 Å². The highest BCUT2D eigenvalue weighted by molar-refractivity contribution is 9.09. The average molecular weight is 374 g/mol. The lowest BCUT2D eigenvalue weighted by Gasteiger charge is -2.19. The van der Waals surface area contributed by atoms with Gasteiger partial charge >= 0.3 is 0 Å². The van der Waals surface area contributed by atoms with Gasteiger partial charge in [-0.1, -0.05) is 59.6 Å². The molecule has 0 radical (unpaired) electrons. The van der Waals surface area contributed by atoms with Crippen molar-refractivity contribution in [2.45, 2.75) is 32.1 Å². The van der Waals surface area contributed by atoms with Gasteiger partial charge in [-0.25, -0.2) is 13.1 Å². The van der Waals surface area contributed by atoms with E-state index in [1.54, 1.807) is 0 Å². The summed E-state index contributed by atoms with van der Waals surface area (Å²) in [5.41, 5.74) is 1.07. The van der Waals surface area contributed by atoms with Crippen molar-refractivity contribution < 1.29 is 8.42 Å². The maximum Gasteiger partial charge on any atom is 0.212 e. The monoisotopic (exact) mass is 373 g/mol. The van der Waals surface area contributed by atoms with Crippen LogP contribution in [0.15, 0.2) is 30.3 Å². The van der Waals surface area contributed by atoms with Crippen LogP contribution in [0.2, 0.25) is 0 Å². The predicted molar refractivity (Wildman–Crippen MR) is 91.3 cm³/mol. The number of alkyl halides is 1. The zero-order valence-electron chi connectivity index (χ0n) is 12.5. The summed E-state index contributed by atoms with van der Waals surface area (Å²) in [6, 6.07) is 9.82. The SMILES string of the molecule is CC(CS(=O)(=O)NCC1CCCC1CBr)c1ccccc1. The Morgan fingerprint density at radius 1 is 1.24 bits per heavy atom. The van der Waals surface area contributed by atoms with E-state index in [-0.39, 0.29) is 11.7 Å². The zero-order chi connectivity index (χ0) is 15.3. The minimum absolute atomic E-state index is 0.0132. The fraction of sp³-hybridized carbons (Fsp3) is 0.625. The van der Waals surface area contributed by atoms with Crippen LogP contribution in [0.1, 0.15) is 37.7 Å². The van der Waals surface area contributed by atoms with Crippen molar-refractivity contribution in [1.29, 1.82) is 0 Å². The summed E-state index contributed by atoms with van der Waals surface area (Å²) >= 11 is 3.53. The molecule has 0 aliphatic heterocycles. The fourth-order valence-electron chi connectivity index (χ4n) is 3.09. The van der Waals surface area contributed by atoms with Gasteiger partial charge in [-0.2, -0.15) is 0 Å². The first-order valence-corrected chi connectivity index (χ1v) is 10.4. The Morgan fingerprint density at radius 3 is 2.57 bits per heavy atom. The highest BCUT2D eigenvalue weighted by Gasteiger charge is 2.27. The first kappa shape index (κ1) is 17.0. The highest BCUT2D eigenvalue weighted by atomic mass is 79.9. The molecule has 0 amide bonds. The smallest absolute Gasteiger partial charge is 0.212 e. The maximum absolute atomic E-state index is 12.2. The second-order valence-corrected chi connectivity index (χ2v) is 8.55. The quantitative estimate of drug-likeness (QED) is 0.743. The van der Waals surface area contributed by atoms with E-state index in [2.05, 4.69) is 20.7 Å². The number of halogens is 1. The molecule has 1 fully saturated rings. The minimum atomic E-state index is -3.21. The summed E-state index contributed by atoms with van der Waals surface area (Å²) in [5, 5.41) is 0.972. The van der Waals surface area contributed by atoms with Crippen LogP contribution in [0.5, 0.6) is 0 Å². The van der Waals surface area contributed by atoms with Gasteiger partial charge in [-0.15, -0.1) is 0 Å².